The van der Waals surface area contributed by atoms with Crippen LogP contribution in [-0.4, -0.2) is 41.2 Å². The number of amides is 3. The first-order chi connectivity index (χ1) is 15.4. The number of methoxy groups -OCH3 is 2. The molecule has 0 radical (unpaired) electrons. The van der Waals surface area contributed by atoms with E-state index in [0.29, 0.717) is 28.2 Å². The first-order valence-corrected chi connectivity index (χ1v) is 9.59. The summed E-state index contributed by atoms with van der Waals surface area (Å²) in [6.45, 7) is 1.41. The highest BCUT2D eigenvalue weighted by Crippen LogP contribution is 2.33. The summed E-state index contributed by atoms with van der Waals surface area (Å²) in [5, 5.41) is 15.6. The van der Waals surface area contributed by atoms with Gasteiger partial charge in [-0.25, -0.2) is 4.79 Å². The van der Waals surface area contributed by atoms with Crippen LogP contribution in [0.15, 0.2) is 47.0 Å². The summed E-state index contributed by atoms with van der Waals surface area (Å²) in [5.41, 5.74) is 0.320. The number of carbonyl (C=O) groups excluding carboxylic acids is 2. The third-order valence-corrected chi connectivity index (χ3v) is 5.28. The largest absolute Gasteiger partial charge is 0.497 e. The van der Waals surface area contributed by atoms with Crippen LogP contribution in [0.5, 0.6) is 11.5 Å². The van der Waals surface area contributed by atoms with Crippen molar-refractivity contribution >= 4 is 11.9 Å². The van der Waals surface area contributed by atoms with Crippen molar-refractivity contribution in [2.24, 2.45) is 0 Å². The predicted molar refractivity (Wildman–Crippen MR) is 110 cm³/mol. The zero-order valence-electron chi connectivity index (χ0n) is 17.6. The van der Waals surface area contributed by atoms with Gasteiger partial charge in [-0.2, -0.15) is 10.2 Å². The number of nitriles is 1. The molecule has 1 saturated heterocycles. The van der Waals surface area contributed by atoms with Gasteiger partial charge in [0, 0.05) is 6.07 Å². The van der Waals surface area contributed by atoms with Crippen molar-refractivity contribution in [3.05, 3.63) is 59.5 Å². The molecule has 1 aliphatic rings. The van der Waals surface area contributed by atoms with Crippen molar-refractivity contribution in [3.8, 4) is 29.0 Å². The van der Waals surface area contributed by atoms with Gasteiger partial charge in [-0.05, 0) is 36.8 Å². The lowest BCUT2D eigenvalue weighted by atomic mass is 9.91. The summed E-state index contributed by atoms with van der Waals surface area (Å²) >= 11 is 0. The highest BCUT2D eigenvalue weighted by molar-refractivity contribution is 6.07. The molecule has 2 aromatic carbocycles. The van der Waals surface area contributed by atoms with Crippen molar-refractivity contribution in [1.82, 2.24) is 20.4 Å². The maximum absolute atomic E-state index is 13.1. The van der Waals surface area contributed by atoms with Gasteiger partial charge >= 0.3 is 6.03 Å². The Morgan fingerprint density at radius 3 is 2.56 bits per heavy atom. The lowest BCUT2D eigenvalue weighted by Crippen LogP contribution is -2.40. The summed E-state index contributed by atoms with van der Waals surface area (Å²) in [6.07, 6.45) is 0. The Balaban J connectivity index is 1.57. The Kier molecular flexibility index (Phi) is 5.24. The highest BCUT2D eigenvalue weighted by atomic mass is 16.5. The molecule has 1 fully saturated rings. The van der Waals surface area contributed by atoms with Gasteiger partial charge in [0.25, 0.3) is 5.91 Å². The van der Waals surface area contributed by atoms with Crippen LogP contribution in [0, 0.1) is 11.3 Å². The fourth-order valence-electron chi connectivity index (χ4n) is 3.46. The molecule has 0 spiro atoms. The number of urea groups is 1. The SMILES string of the molecule is COc1ccc(-c2noc(CN3C(=O)NC(C)(c4ccc(C#N)cc4)C3=O)n2)c(OC)c1. The van der Waals surface area contributed by atoms with Crippen LogP contribution in [0.2, 0.25) is 0 Å². The number of rotatable bonds is 6. The average Bonchev–Trinajstić information content (AvgIpc) is 3.37. The normalized spacial score (nSPS) is 17.8. The van der Waals surface area contributed by atoms with Gasteiger partial charge in [0.15, 0.2) is 0 Å². The molecule has 10 heteroatoms. The molecule has 1 aliphatic heterocycles. The molecule has 0 saturated carbocycles. The van der Waals surface area contributed by atoms with Crippen LogP contribution < -0.4 is 14.8 Å². The molecular formula is C22H19N5O5. The Morgan fingerprint density at radius 2 is 1.91 bits per heavy atom. The third kappa shape index (κ3) is 3.50. The van der Waals surface area contributed by atoms with E-state index in [-0.39, 0.29) is 18.3 Å². The minimum absolute atomic E-state index is 0.0884. The smallest absolute Gasteiger partial charge is 0.325 e. The second-order valence-corrected chi connectivity index (χ2v) is 7.21. The number of carbonyl (C=O) groups is 2. The van der Waals surface area contributed by atoms with Crippen LogP contribution >= 0.6 is 0 Å². The monoisotopic (exact) mass is 433 g/mol. The van der Waals surface area contributed by atoms with Gasteiger partial charge in [-0.15, -0.1) is 0 Å². The van der Waals surface area contributed by atoms with E-state index in [1.165, 1.54) is 7.11 Å². The Labute approximate surface area is 183 Å². The lowest BCUT2D eigenvalue weighted by molar-refractivity contribution is -0.131. The first kappa shape index (κ1) is 20.9. The van der Waals surface area contributed by atoms with Crippen LogP contribution in [0.4, 0.5) is 4.79 Å². The number of hydrogen-bond donors (Lipinski definition) is 1. The number of ether oxygens (including phenoxy) is 2. The van der Waals surface area contributed by atoms with Crippen LogP contribution in [0.1, 0.15) is 23.9 Å². The van der Waals surface area contributed by atoms with Crippen LogP contribution in [0.25, 0.3) is 11.4 Å². The van der Waals surface area contributed by atoms with E-state index in [1.807, 2.05) is 6.07 Å². The van der Waals surface area contributed by atoms with Gasteiger partial charge in [-0.3, -0.25) is 9.69 Å². The molecule has 4 rings (SSSR count). The summed E-state index contributed by atoms with van der Waals surface area (Å²) < 4.78 is 15.8. The number of benzene rings is 2. The van der Waals surface area contributed by atoms with Crippen molar-refractivity contribution in [2.75, 3.05) is 14.2 Å². The number of nitrogens with zero attached hydrogens (tertiary/aromatic N) is 4. The lowest BCUT2D eigenvalue weighted by Gasteiger charge is -2.22. The third-order valence-electron chi connectivity index (χ3n) is 5.28. The minimum atomic E-state index is -1.27. The van der Waals surface area contributed by atoms with Crippen molar-refractivity contribution in [3.63, 3.8) is 0 Å². The predicted octanol–water partition coefficient (Wildman–Crippen LogP) is 2.59. The minimum Gasteiger partial charge on any atom is -0.497 e. The van der Waals surface area contributed by atoms with Crippen LogP contribution in [0.3, 0.4) is 0 Å². The maximum atomic E-state index is 13.1. The molecule has 3 aromatic rings. The van der Waals surface area contributed by atoms with E-state index < -0.39 is 17.5 Å². The van der Waals surface area contributed by atoms with Crippen LogP contribution in [-0.2, 0) is 16.9 Å². The summed E-state index contributed by atoms with van der Waals surface area (Å²) in [6, 6.07) is 13.0. The molecule has 1 atom stereocenters. The zero-order chi connectivity index (χ0) is 22.9. The Hall–Kier alpha value is -4.39. The molecule has 1 N–H and O–H groups in total. The average molecular weight is 433 g/mol. The molecule has 1 unspecified atom stereocenters. The van der Waals surface area contributed by atoms with E-state index >= 15 is 0 Å². The molecule has 2 heterocycles. The molecular weight excluding hydrogens is 414 g/mol. The number of hydrogen-bond acceptors (Lipinski definition) is 8. The fourth-order valence-corrected chi connectivity index (χ4v) is 3.46. The van der Waals surface area contributed by atoms with Crippen molar-refractivity contribution in [2.45, 2.75) is 19.0 Å². The fraction of sp³-hybridized carbons (Fsp3) is 0.227. The zero-order valence-corrected chi connectivity index (χ0v) is 17.6. The van der Waals surface area contributed by atoms with Gasteiger partial charge < -0.3 is 19.3 Å². The van der Waals surface area contributed by atoms with Gasteiger partial charge in [-0.1, -0.05) is 17.3 Å². The second-order valence-electron chi connectivity index (χ2n) is 7.21. The second kappa shape index (κ2) is 8.03. The number of aromatic nitrogens is 2. The molecule has 0 bridgehead atoms. The van der Waals surface area contributed by atoms with Crippen molar-refractivity contribution < 1.29 is 23.6 Å². The summed E-state index contributed by atoms with van der Waals surface area (Å²) in [4.78, 5) is 31.0. The Bertz CT molecular complexity index is 1230. The standard InChI is InChI=1S/C22H19N5O5/c1-22(14-6-4-13(11-23)5-7-14)20(28)27(21(29)25-22)12-18-24-19(26-32-18)16-9-8-15(30-2)10-17(16)31-3/h4-10H,12H2,1-3H3,(H,25,29). The van der Waals surface area contributed by atoms with E-state index in [2.05, 4.69) is 15.5 Å². The molecule has 0 aliphatic carbocycles. The summed E-state index contributed by atoms with van der Waals surface area (Å²) in [7, 11) is 3.06. The van der Waals surface area contributed by atoms with Gasteiger partial charge in [0.05, 0.1) is 31.4 Å². The van der Waals surface area contributed by atoms with Gasteiger partial charge in [0.1, 0.15) is 23.6 Å². The molecule has 10 nitrogen and oxygen atoms in total. The highest BCUT2D eigenvalue weighted by Gasteiger charge is 2.49. The topological polar surface area (TPSA) is 131 Å². The summed E-state index contributed by atoms with van der Waals surface area (Å²) in [5.74, 6) is 0.969. The Morgan fingerprint density at radius 1 is 1.16 bits per heavy atom. The molecule has 1 aromatic heterocycles. The quantitative estimate of drug-likeness (QED) is 0.587. The molecule has 32 heavy (non-hydrogen) atoms. The van der Waals surface area contributed by atoms with Crippen molar-refractivity contribution in [1.29, 1.82) is 5.26 Å². The molecule has 3 amide bonds. The van der Waals surface area contributed by atoms with E-state index in [0.717, 1.165) is 4.90 Å². The van der Waals surface area contributed by atoms with E-state index in [4.69, 9.17) is 19.3 Å². The van der Waals surface area contributed by atoms with E-state index in [1.54, 1.807) is 56.5 Å². The first-order valence-electron chi connectivity index (χ1n) is 9.59. The molecule has 162 valence electrons. The number of imide groups is 1. The number of nitrogens with one attached hydrogen (secondary N) is 1. The van der Waals surface area contributed by atoms with E-state index in [9.17, 15) is 9.59 Å². The van der Waals surface area contributed by atoms with Gasteiger partial charge in [0.2, 0.25) is 11.7 Å². The maximum Gasteiger partial charge on any atom is 0.325 e.